The second kappa shape index (κ2) is 8.18. The van der Waals surface area contributed by atoms with Gasteiger partial charge in [-0.3, -0.25) is 4.79 Å². The molecule has 1 aromatic heterocycles. The molecular weight excluding hydrogens is 368 g/mol. The molecule has 2 heterocycles. The van der Waals surface area contributed by atoms with E-state index in [2.05, 4.69) is 20.6 Å². The number of hydrogen-bond donors (Lipinski definition) is 3. The molecule has 1 aliphatic heterocycles. The molecule has 0 aliphatic carbocycles. The van der Waals surface area contributed by atoms with Crippen LogP contribution in [0.4, 0.5) is 10.5 Å². The number of rotatable bonds is 5. The first-order valence-corrected chi connectivity index (χ1v) is 9.61. The lowest BCUT2D eigenvalue weighted by Gasteiger charge is -2.13. The number of carbonyl (C=O) groups is 1. The Hall–Kier alpha value is -3.61. The van der Waals surface area contributed by atoms with E-state index in [0.717, 1.165) is 29.0 Å². The lowest BCUT2D eigenvalue weighted by molar-refractivity contribution is 0.219. The van der Waals surface area contributed by atoms with Gasteiger partial charge in [-0.15, -0.1) is 0 Å². The van der Waals surface area contributed by atoms with E-state index in [1.807, 2.05) is 37.3 Å². The molecule has 1 atom stereocenters. The van der Waals surface area contributed by atoms with Crippen LogP contribution in [0.5, 0.6) is 5.75 Å². The molecule has 7 heteroatoms. The number of amides is 2. The minimum Gasteiger partial charge on any atom is -0.488 e. The lowest BCUT2D eigenvalue weighted by Crippen LogP contribution is -2.37. The summed E-state index contributed by atoms with van der Waals surface area (Å²) in [5.74, 6) is 1.36. The Bertz CT molecular complexity index is 1070. The highest BCUT2D eigenvalue weighted by Crippen LogP contribution is 2.27. The second-order valence-corrected chi connectivity index (χ2v) is 6.91. The quantitative estimate of drug-likeness (QED) is 0.624. The molecular formula is C22H22N4O3. The van der Waals surface area contributed by atoms with Crippen molar-refractivity contribution < 1.29 is 9.53 Å². The molecule has 1 aliphatic rings. The van der Waals surface area contributed by atoms with Crippen LogP contribution in [-0.2, 0) is 12.8 Å². The molecule has 0 fully saturated rings. The maximum absolute atomic E-state index is 12.3. The van der Waals surface area contributed by atoms with Crippen molar-refractivity contribution in [3.8, 4) is 17.1 Å². The van der Waals surface area contributed by atoms with Crippen LogP contribution in [0.15, 0.2) is 59.4 Å². The molecule has 0 bridgehead atoms. The first kappa shape index (κ1) is 18.7. The summed E-state index contributed by atoms with van der Waals surface area (Å²) in [5, 5.41) is 5.66. The highest BCUT2D eigenvalue weighted by molar-refractivity contribution is 5.89. The van der Waals surface area contributed by atoms with Gasteiger partial charge >= 0.3 is 6.03 Å². The molecule has 3 N–H and O–H groups in total. The monoisotopic (exact) mass is 390 g/mol. The van der Waals surface area contributed by atoms with E-state index in [9.17, 15) is 9.59 Å². The molecule has 29 heavy (non-hydrogen) atoms. The van der Waals surface area contributed by atoms with E-state index in [1.54, 1.807) is 18.2 Å². The maximum atomic E-state index is 12.3. The smallest absolute Gasteiger partial charge is 0.319 e. The topological polar surface area (TPSA) is 96.1 Å². The molecule has 2 aromatic carbocycles. The standard InChI is InChI=1S/C22H22N4O3/c1-2-16-12-20(27)26-21(24-16)15-7-5-8-17(10-15)25-22(28)23-13-18-11-14-6-3-4-9-19(14)29-18/h3-10,12,18H,2,11,13H2,1H3,(H2,23,25,28)(H,24,26,27). The fourth-order valence-electron chi connectivity index (χ4n) is 3.32. The Balaban J connectivity index is 1.38. The van der Waals surface area contributed by atoms with Crippen molar-refractivity contribution >= 4 is 11.7 Å². The van der Waals surface area contributed by atoms with Gasteiger partial charge in [-0.1, -0.05) is 37.3 Å². The summed E-state index contributed by atoms with van der Waals surface area (Å²) in [7, 11) is 0. The highest BCUT2D eigenvalue weighted by Gasteiger charge is 2.22. The van der Waals surface area contributed by atoms with E-state index < -0.39 is 0 Å². The minimum absolute atomic E-state index is 0.0736. The number of urea groups is 1. The number of hydrogen-bond acceptors (Lipinski definition) is 4. The summed E-state index contributed by atoms with van der Waals surface area (Å²) in [6.45, 7) is 2.36. The molecule has 0 saturated heterocycles. The van der Waals surface area contributed by atoms with Crippen molar-refractivity contribution in [2.24, 2.45) is 0 Å². The van der Waals surface area contributed by atoms with Crippen molar-refractivity contribution in [2.45, 2.75) is 25.9 Å². The van der Waals surface area contributed by atoms with Gasteiger partial charge in [-0.2, -0.15) is 0 Å². The van der Waals surface area contributed by atoms with Gasteiger partial charge in [0.05, 0.1) is 6.54 Å². The molecule has 7 nitrogen and oxygen atoms in total. The number of carbonyl (C=O) groups excluding carboxylic acids is 1. The number of ether oxygens (including phenoxy) is 1. The van der Waals surface area contributed by atoms with Crippen LogP contribution in [0.3, 0.4) is 0 Å². The van der Waals surface area contributed by atoms with Gasteiger partial charge in [0.25, 0.3) is 5.56 Å². The first-order chi connectivity index (χ1) is 14.1. The first-order valence-electron chi connectivity index (χ1n) is 9.61. The molecule has 0 spiro atoms. The van der Waals surface area contributed by atoms with Crippen molar-refractivity contribution in [1.82, 2.24) is 15.3 Å². The van der Waals surface area contributed by atoms with Crippen molar-refractivity contribution in [3.05, 3.63) is 76.2 Å². The van der Waals surface area contributed by atoms with E-state index >= 15 is 0 Å². The Morgan fingerprint density at radius 1 is 1.21 bits per heavy atom. The maximum Gasteiger partial charge on any atom is 0.319 e. The van der Waals surface area contributed by atoms with E-state index in [1.165, 1.54) is 6.07 Å². The number of nitrogens with one attached hydrogen (secondary N) is 3. The van der Waals surface area contributed by atoms with Crippen LogP contribution in [0.25, 0.3) is 11.4 Å². The number of anilines is 1. The van der Waals surface area contributed by atoms with Gasteiger partial charge in [0.1, 0.15) is 17.7 Å². The molecule has 0 radical (unpaired) electrons. The Morgan fingerprint density at radius 2 is 2.07 bits per heavy atom. The third kappa shape index (κ3) is 4.45. The van der Waals surface area contributed by atoms with Crippen LogP contribution >= 0.6 is 0 Å². The highest BCUT2D eigenvalue weighted by atomic mass is 16.5. The summed E-state index contributed by atoms with van der Waals surface area (Å²) in [6, 6.07) is 16.3. The number of fused-ring (bicyclic) bond motifs is 1. The van der Waals surface area contributed by atoms with Gasteiger partial charge in [-0.25, -0.2) is 9.78 Å². The van der Waals surface area contributed by atoms with Crippen LogP contribution < -0.4 is 20.9 Å². The zero-order valence-corrected chi connectivity index (χ0v) is 16.1. The number of benzene rings is 2. The number of aryl methyl sites for hydroxylation is 1. The van der Waals surface area contributed by atoms with Crippen LogP contribution in [0, 0.1) is 0 Å². The summed E-state index contributed by atoms with van der Waals surface area (Å²) in [5.41, 5.74) is 3.02. The average molecular weight is 390 g/mol. The largest absolute Gasteiger partial charge is 0.488 e. The summed E-state index contributed by atoms with van der Waals surface area (Å²) >= 11 is 0. The van der Waals surface area contributed by atoms with Gasteiger partial charge in [0.2, 0.25) is 0 Å². The SMILES string of the molecule is CCc1cc(=O)[nH]c(-c2cccc(NC(=O)NCC3Cc4ccccc4O3)c2)n1. The van der Waals surface area contributed by atoms with Crippen LogP contribution in [0.2, 0.25) is 0 Å². The molecule has 0 saturated carbocycles. The van der Waals surface area contributed by atoms with Gasteiger partial charge in [-0.05, 0) is 30.2 Å². The fraction of sp³-hybridized carbons (Fsp3) is 0.227. The van der Waals surface area contributed by atoms with Crippen molar-refractivity contribution in [2.75, 3.05) is 11.9 Å². The number of aromatic nitrogens is 2. The second-order valence-electron chi connectivity index (χ2n) is 6.91. The van der Waals surface area contributed by atoms with E-state index in [0.29, 0.717) is 24.5 Å². The molecule has 1 unspecified atom stereocenters. The third-order valence-corrected chi connectivity index (χ3v) is 4.75. The molecule has 4 rings (SSSR count). The lowest BCUT2D eigenvalue weighted by atomic mass is 10.1. The molecule has 3 aromatic rings. The molecule has 2 amide bonds. The summed E-state index contributed by atoms with van der Waals surface area (Å²) in [4.78, 5) is 31.3. The zero-order valence-electron chi connectivity index (χ0n) is 16.1. The van der Waals surface area contributed by atoms with E-state index in [4.69, 9.17) is 4.74 Å². The average Bonchev–Trinajstić information content (AvgIpc) is 3.15. The normalized spacial score (nSPS) is 14.7. The number of nitrogens with zero attached hydrogens (tertiary/aromatic N) is 1. The third-order valence-electron chi connectivity index (χ3n) is 4.75. The number of H-pyrrole nitrogens is 1. The Kier molecular flexibility index (Phi) is 5.29. The van der Waals surface area contributed by atoms with Crippen LogP contribution in [0.1, 0.15) is 18.2 Å². The van der Waals surface area contributed by atoms with Crippen LogP contribution in [-0.4, -0.2) is 28.6 Å². The zero-order chi connectivity index (χ0) is 20.2. The van der Waals surface area contributed by atoms with Gasteiger partial charge in [0.15, 0.2) is 0 Å². The fourth-order valence-corrected chi connectivity index (χ4v) is 3.32. The van der Waals surface area contributed by atoms with Gasteiger partial charge < -0.3 is 20.4 Å². The Labute approximate surface area is 168 Å². The molecule has 148 valence electrons. The predicted molar refractivity (Wildman–Crippen MR) is 111 cm³/mol. The predicted octanol–water partition coefficient (Wildman–Crippen LogP) is 3.12. The number of aromatic amines is 1. The van der Waals surface area contributed by atoms with Gasteiger partial charge in [0, 0.05) is 29.4 Å². The van der Waals surface area contributed by atoms with Crippen molar-refractivity contribution in [1.29, 1.82) is 0 Å². The van der Waals surface area contributed by atoms with E-state index in [-0.39, 0.29) is 17.7 Å². The van der Waals surface area contributed by atoms with Crippen molar-refractivity contribution in [3.63, 3.8) is 0 Å². The summed E-state index contributed by atoms with van der Waals surface area (Å²) in [6.07, 6.45) is 1.37. The Morgan fingerprint density at radius 3 is 2.90 bits per heavy atom. The summed E-state index contributed by atoms with van der Waals surface area (Å²) < 4.78 is 5.83. The minimum atomic E-state index is -0.314. The number of para-hydroxylation sites is 1.